The predicted molar refractivity (Wildman–Crippen MR) is 106 cm³/mol. The van der Waals surface area contributed by atoms with Crippen molar-refractivity contribution in [1.82, 2.24) is 5.32 Å². The molecule has 1 aliphatic carbocycles. The number of nitrogens with one attached hydrogen (secondary N) is 1. The average molecular weight is 362 g/mol. The number of rotatable bonds is 11. The van der Waals surface area contributed by atoms with Crippen LogP contribution in [0.4, 0.5) is 0 Å². The van der Waals surface area contributed by atoms with Crippen LogP contribution in [0.25, 0.3) is 0 Å². The maximum Gasteiger partial charge on any atom is 0.305 e. The van der Waals surface area contributed by atoms with E-state index in [0.29, 0.717) is 25.0 Å². The Morgan fingerprint density at radius 3 is 2.42 bits per heavy atom. The van der Waals surface area contributed by atoms with Gasteiger partial charge in [-0.2, -0.15) is 0 Å². The summed E-state index contributed by atoms with van der Waals surface area (Å²) in [5.41, 5.74) is 1.62. The summed E-state index contributed by atoms with van der Waals surface area (Å²) >= 11 is 0. The molecule has 2 rings (SSSR count). The third-order valence-electron chi connectivity index (χ3n) is 5.54. The maximum atomic E-state index is 11.3. The first kappa shape index (κ1) is 20.8. The van der Waals surface area contributed by atoms with Crippen LogP contribution in [0.1, 0.15) is 64.9 Å². The molecule has 0 aliphatic heterocycles. The van der Waals surface area contributed by atoms with Gasteiger partial charge in [-0.25, -0.2) is 0 Å². The molecule has 1 aromatic carbocycles. The summed E-state index contributed by atoms with van der Waals surface area (Å²) in [5.74, 6) is 1.45. The molecule has 1 saturated carbocycles. The molecule has 1 aliphatic rings. The number of benzene rings is 1. The zero-order valence-electron chi connectivity index (χ0n) is 16.8. The Labute approximate surface area is 158 Å². The highest BCUT2D eigenvalue weighted by molar-refractivity contribution is 5.69. The van der Waals surface area contributed by atoms with E-state index in [4.69, 9.17) is 9.47 Å². The minimum absolute atomic E-state index is 0.128. The topological polar surface area (TPSA) is 47.6 Å². The van der Waals surface area contributed by atoms with Gasteiger partial charge in [0.15, 0.2) is 0 Å². The van der Waals surface area contributed by atoms with Crippen LogP contribution in [0.5, 0.6) is 5.75 Å². The molecule has 0 bridgehead atoms. The molecule has 0 radical (unpaired) electrons. The highest BCUT2D eigenvalue weighted by Crippen LogP contribution is 2.48. The standard InChI is InChI=1S/C22H35NO3/c1-5-26-19-11-9-18(10-12-19)22(13-7-14-22)20(16-17(2)3)23-15-6-8-21(24)25-4/h9-12,17,20,23H,5-8,13-16H2,1-4H3. The van der Waals surface area contributed by atoms with Gasteiger partial charge >= 0.3 is 5.97 Å². The maximum absolute atomic E-state index is 11.3. The van der Waals surface area contributed by atoms with Gasteiger partial charge in [-0.3, -0.25) is 4.79 Å². The summed E-state index contributed by atoms with van der Waals surface area (Å²) in [6.07, 6.45) is 6.18. The van der Waals surface area contributed by atoms with E-state index >= 15 is 0 Å². The number of ether oxygens (including phenoxy) is 2. The van der Waals surface area contributed by atoms with Gasteiger partial charge in [0.05, 0.1) is 13.7 Å². The normalized spacial score (nSPS) is 16.8. The Hall–Kier alpha value is -1.55. The van der Waals surface area contributed by atoms with E-state index in [2.05, 4.69) is 43.4 Å². The quantitative estimate of drug-likeness (QED) is 0.467. The van der Waals surface area contributed by atoms with Crippen molar-refractivity contribution in [1.29, 1.82) is 0 Å². The van der Waals surface area contributed by atoms with Crippen LogP contribution in [0.15, 0.2) is 24.3 Å². The van der Waals surface area contributed by atoms with Crippen LogP contribution in [0.3, 0.4) is 0 Å². The molecule has 1 unspecified atom stereocenters. The van der Waals surface area contributed by atoms with E-state index in [-0.39, 0.29) is 11.4 Å². The molecule has 0 amide bonds. The van der Waals surface area contributed by atoms with Crippen molar-refractivity contribution in [2.75, 3.05) is 20.3 Å². The van der Waals surface area contributed by atoms with Crippen LogP contribution < -0.4 is 10.1 Å². The van der Waals surface area contributed by atoms with Crippen molar-refractivity contribution in [2.24, 2.45) is 5.92 Å². The first-order valence-corrected chi connectivity index (χ1v) is 10.1. The first-order valence-electron chi connectivity index (χ1n) is 10.1. The molecule has 4 heteroatoms. The van der Waals surface area contributed by atoms with E-state index in [1.165, 1.54) is 31.9 Å². The van der Waals surface area contributed by atoms with Crippen LogP contribution >= 0.6 is 0 Å². The molecule has 0 spiro atoms. The fourth-order valence-corrected chi connectivity index (χ4v) is 4.03. The zero-order valence-corrected chi connectivity index (χ0v) is 16.8. The lowest BCUT2D eigenvalue weighted by Crippen LogP contribution is -2.53. The third kappa shape index (κ3) is 5.23. The summed E-state index contributed by atoms with van der Waals surface area (Å²) < 4.78 is 10.3. The molecule has 1 atom stereocenters. The van der Waals surface area contributed by atoms with Crippen molar-refractivity contribution in [3.63, 3.8) is 0 Å². The molecule has 1 fully saturated rings. The van der Waals surface area contributed by atoms with Crippen molar-refractivity contribution in [3.8, 4) is 5.75 Å². The lowest BCUT2D eigenvalue weighted by Gasteiger charge is -2.49. The van der Waals surface area contributed by atoms with E-state index in [1.807, 2.05) is 6.92 Å². The molecule has 146 valence electrons. The van der Waals surface area contributed by atoms with Crippen LogP contribution in [0, 0.1) is 5.92 Å². The third-order valence-corrected chi connectivity index (χ3v) is 5.54. The van der Waals surface area contributed by atoms with Gasteiger partial charge < -0.3 is 14.8 Å². The Balaban J connectivity index is 2.08. The number of methoxy groups -OCH3 is 1. The molecule has 0 saturated heterocycles. The highest BCUT2D eigenvalue weighted by Gasteiger charge is 2.45. The van der Waals surface area contributed by atoms with Crippen molar-refractivity contribution in [2.45, 2.75) is 70.8 Å². The summed E-state index contributed by atoms with van der Waals surface area (Å²) in [4.78, 5) is 11.3. The largest absolute Gasteiger partial charge is 0.494 e. The van der Waals surface area contributed by atoms with Gasteiger partial charge in [0.2, 0.25) is 0 Å². The molecule has 1 aromatic rings. The second-order valence-corrected chi connectivity index (χ2v) is 7.78. The Kier molecular flexibility index (Phi) is 7.95. The Bertz CT molecular complexity index is 549. The molecular formula is C22H35NO3. The molecule has 26 heavy (non-hydrogen) atoms. The van der Waals surface area contributed by atoms with Crippen LogP contribution in [-0.2, 0) is 14.9 Å². The number of hydrogen-bond donors (Lipinski definition) is 1. The van der Waals surface area contributed by atoms with Crippen molar-refractivity contribution < 1.29 is 14.3 Å². The average Bonchev–Trinajstić information content (AvgIpc) is 2.58. The minimum Gasteiger partial charge on any atom is -0.494 e. The molecule has 0 heterocycles. The van der Waals surface area contributed by atoms with Gasteiger partial charge in [-0.05, 0) is 62.8 Å². The summed E-state index contributed by atoms with van der Waals surface area (Å²) in [6, 6.07) is 9.12. The van der Waals surface area contributed by atoms with Crippen molar-refractivity contribution >= 4 is 5.97 Å². The smallest absolute Gasteiger partial charge is 0.305 e. The fourth-order valence-electron chi connectivity index (χ4n) is 4.03. The van der Waals surface area contributed by atoms with Gasteiger partial charge in [-0.1, -0.05) is 32.4 Å². The second kappa shape index (κ2) is 9.96. The van der Waals surface area contributed by atoms with Gasteiger partial charge in [-0.15, -0.1) is 0 Å². The van der Waals surface area contributed by atoms with Gasteiger partial charge in [0.25, 0.3) is 0 Å². The number of carbonyl (C=O) groups is 1. The summed E-state index contributed by atoms with van der Waals surface area (Å²) in [7, 11) is 1.45. The monoisotopic (exact) mass is 361 g/mol. The summed E-state index contributed by atoms with van der Waals surface area (Å²) in [6.45, 7) is 8.13. The second-order valence-electron chi connectivity index (χ2n) is 7.78. The molecule has 4 nitrogen and oxygen atoms in total. The SMILES string of the molecule is CCOc1ccc(C2(C(CC(C)C)NCCCC(=O)OC)CCC2)cc1. The Morgan fingerprint density at radius 2 is 1.92 bits per heavy atom. The predicted octanol–water partition coefficient (Wildman–Crippen LogP) is 4.46. The summed E-state index contributed by atoms with van der Waals surface area (Å²) in [5, 5.41) is 3.77. The van der Waals surface area contributed by atoms with E-state index in [0.717, 1.165) is 25.1 Å². The number of carbonyl (C=O) groups excluding carboxylic acids is 1. The lowest BCUT2D eigenvalue weighted by atomic mass is 9.59. The van der Waals surface area contributed by atoms with Crippen LogP contribution in [-0.4, -0.2) is 32.3 Å². The lowest BCUT2D eigenvalue weighted by molar-refractivity contribution is -0.140. The van der Waals surface area contributed by atoms with E-state index in [1.54, 1.807) is 0 Å². The first-order chi connectivity index (χ1) is 12.5. The molecular weight excluding hydrogens is 326 g/mol. The van der Waals surface area contributed by atoms with Gasteiger partial charge in [0, 0.05) is 17.9 Å². The van der Waals surface area contributed by atoms with Gasteiger partial charge in [0.1, 0.15) is 5.75 Å². The number of hydrogen-bond acceptors (Lipinski definition) is 4. The van der Waals surface area contributed by atoms with Crippen LogP contribution in [0.2, 0.25) is 0 Å². The minimum atomic E-state index is -0.128. The van der Waals surface area contributed by atoms with E-state index < -0.39 is 0 Å². The highest BCUT2D eigenvalue weighted by atomic mass is 16.5. The Morgan fingerprint density at radius 1 is 1.23 bits per heavy atom. The molecule has 1 N–H and O–H groups in total. The number of esters is 1. The van der Waals surface area contributed by atoms with E-state index in [9.17, 15) is 4.79 Å². The molecule has 0 aromatic heterocycles. The van der Waals surface area contributed by atoms with Crippen molar-refractivity contribution in [3.05, 3.63) is 29.8 Å². The fraction of sp³-hybridized carbons (Fsp3) is 0.682. The zero-order chi connectivity index (χ0) is 19.0.